The highest BCUT2D eigenvalue weighted by Gasteiger charge is 2.30. The summed E-state index contributed by atoms with van der Waals surface area (Å²) in [7, 11) is 0. The maximum atomic E-state index is 11.9. The van der Waals surface area contributed by atoms with Gasteiger partial charge in [0.1, 0.15) is 0 Å². The number of hydrogen-bond donors (Lipinski definition) is 2. The number of carboxylic acids is 1. The summed E-state index contributed by atoms with van der Waals surface area (Å²) in [5, 5.41) is 12.1. The van der Waals surface area contributed by atoms with Crippen molar-refractivity contribution in [2.24, 2.45) is 5.92 Å². The molecule has 102 valence electrons. The van der Waals surface area contributed by atoms with E-state index in [0.717, 1.165) is 32.1 Å². The fraction of sp³-hybridized carbons (Fsp3) is 0.714. The summed E-state index contributed by atoms with van der Waals surface area (Å²) in [5.74, 6) is -1.36. The Morgan fingerprint density at radius 1 is 1.28 bits per heavy atom. The molecule has 1 aliphatic rings. The lowest BCUT2D eigenvalue weighted by Crippen LogP contribution is -2.43. The Balaban J connectivity index is 2.69. The van der Waals surface area contributed by atoms with E-state index in [1.165, 1.54) is 0 Å². The predicted molar refractivity (Wildman–Crippen MR) is 70.2 cm³/mol. The minimum absolute atomic E-state index is 0.130. The van der Waals surface area contributed by atoms with E-state index in [1.54, 1.807) is 6.92 Å². The maximum absolute atomic E-state index is 11.9. The van der Waals surface area contributed by atoms with Crippen molar-refractivity contribution < 1.29 is 14.7 Å². The van der Waals surface area contributed by atoms with Crippen LogP contribution in [0.5, 0.6) is 0 Å². The largest absolute Gasteiger partial charge is 0.481 e. The number of rotatable bonds is 4. The minimum Gasteiger partial charge on any atom is -0.481 e. The van der Waals surface area contributed by atoms with Crippen molar-refractivity contribution in [1.29, 1.82) is 0 Å². The smallest absolute Gasteiger partial charge is 0.308 e. The molecule has 1 rings (SSSR count). The van der Waals surface area contributed by atoms with Crippen molar-refractivity contribution in [3.8, 4) is 0 Å². The van der Waals surface area contributed by atoms with Crippen molar-refractivity contribution >= 4 is 11.9 Å². The van der Waals surface area contributed by atoms with Gasteiger partial charge in [0.05, 0.1) is 5.92 Å². The molecule has 0 bridgehead atoms. The number of carbonyl (C=O) groups is 2. The summed E-state index contributed by atoms with van der Waals surface area (Å²) in [6.07, 6.45) is 7.09. The molecule has 1 aliphatic carbocycles. The second-order valence-corrected chi connectivity index (χ2v) is 4.96. The van der Waals surface area contributed by atoms with Crippen LogP contribution in [0.25, 0.3) is 0 Å². The van der Waals surface area contributed by atoms with Crippen LogP contribution in [0.3, 0.4) is 0 Å². The van der Waals surface area contributed by atoms with Crippen molar-refractivity contribution in [2.75, 3.05) is 0 Å². The zero-order chi connectivity index (χ0) is 13.5. The SMILES string of the molecule is CC/C=C(\C)C(=O)N[C@H]1CCCCC[C@H]1C(=O)O. The van der Waals surface area contributed by atoms with Gasteiger partial charge in [-0.25, -0.2) is 0 Å². The van der Waals surface area contributed by atoms with Crippen LogP contribution in [-0.2, 0) is 9.59 Å². The van der Waals surface area contributed by atoms with Gasteiger partial charge in [-0.15, -0.1) is 0 Å². The average Bonchev–Trinajstić information content (AvgIpc) is 2.54. The first-order chi connectivity index (χ1) is 8.56. The van der Waals surface area contributed by atoms with E-state index in [1.807, 2.05) is 13.0 Å². The van der Waals surface area contributed by atoms with Gasteiger partial charge in [-0.2, -0.15) is 0 Å². The molecule has 0 saturated heterocycles. The summed E-state index contributed by atoms with van der Waals surface area (Å²) >= 11 is 0. The first kappa shape index (κ1) is 14.7. The Labute approximate surface area is 108 Å². The Kier molecular flexibility index (Phi) is 5.89. The van der Waals surface area contributed by atoms with E-state index >= 15 is 0 Å². The highest BCUT2D eigenvalue weighted by Crippen LogP contribution is 2.24. The number of carbonyl (C=O) groups excluding carboxylic acids is 1. The van der Waals surface area contributed by atoms with Crippen LogP contribution in [0.4, 0.5) is 0 Å². The standard InChI is InChI=1S/C14H23NO3/c1-3-7-10(2)13(16)15-12-9-6-4-5-8-11(12)14(17)18/h7,11-12H,3-6,8-9H2,1-2H3,(H,15,16)(H,17,18)/b10-7+/t11-,12+/m1/s1. The molecule has 0 heterocycles. The minimum atomic E-state index is -0.792. The van der Waals surface area contributed by atoms with E-state index in [-0.39, 0.29) is 11.9 Å². The second kappa shape index (κ2) is 7.19. The summed E-state index contributed by atoms with van der Waals surface area (Å²) in [6, 6.07) is -0.224. The van der Waals surface area contributed by atoms with Crippen LogP contribution < -0.4 is 5.32 Å². The Bertz CT molecular complexity index is 336. The molecule has 0 aromatic carbocycles. The Hall–Kier alpha value is -1.32. The van der Waals surface area contributed by atoms with Gasteiger partial charge in [0, 0.05) is 11.6 Å². The number of aliphatic carboxylic acids is 1. The zero-order valence-electron chi connectivity index (χ0n) is 11.2. The highest BCUT2D eigenvalue weighted by molar-refractivity contribution is 5.93. The number of nitrogens with one attached hydrogen (secondary N) is 1. The van der Waals surface area contributed by atoms with Gasteiger partial charge in [0.2, 0.25) is 5.91 Å². The first-order valence-corrected chi connectivity index (χ1v) is 6.76. The molecule has 0 aromatic heterocycles. The fourth-order valence-corrected chi connectivity index (χ4v) is 2.46. The summed E-state index contributed by atoms with van der Waals surface area (Å²) < 4.78 is 0. The number of allylic oxidation sites excluding steroid dienone is 1. The molecule has 4 heteroatoms. The van der Waals surface area contributed by atoms with Gasteiger partial charge in [-0.1, -0.05) is 32.3 Å². The second-order valence-electron chi connectivity index (χ2n) is 4.96. The lowest BCUT2D eigenvalue weighted by atomic mass is 9.94. The third kappa shape index (κ3) is 4.17. The van der Waals surface area contributed by atoms with Gasteiger partial charge in [0.15, 0.2) is 0 Å². The normalized spacial score (nSPS) is 25.3. The third-order valence-corrected chi connectivity index (χ3v) is 3.52. The molecule has 0 radical (unpaired) electrons. The Morgan fingerprint density at radius 3 is 2.56 bits per heavy atom. The quantitative estimate of drug-likeness (QED) is 0.597. The number of amides is 1. The van der Waals surface area contributed by atoms with Crippen molar-refractivity contribution in [3.63, 3.8) is 0 Å². The van der Waals surface area contributed by atoms with Gasteiger partial charge >= 0.3 is 5.97 Å². The van der Waals surface area contributed by atoms with Crippen LogP contribution in [0, 0.1) is 5.92 Å². The van der Waals surface area contributed by atoms with Crippen molar-refractivity contribution in [1.82, 2.24) is 5.32 Å². The van der Waals surface area contributed by atoms with E-state index in [9.17, 15) is 14.7 Å². The van der Waals surface area contributed by atoms with Crippen LogP contribution in [0.2, 0.25) is 0 Å². The number of carboxylic acid groups (broad SMARTS) is 1. The molecule has 0 aromatic rings. The first-order valence-electron chi connectivity index (χ1n) is 6.76. The van der Waals surface area contributed by atoms with Crippen LogP contribution >= 0.6 is 0 Å². The summed E-state index contributed by atoms with van der Waals surface area (Å²) in [4.78, 5) is 23.1. The molecule has 0 unspecified atom stereocenters. The van der Waals surface area contributed by atoms with Crippen LogP contribution in [0.15, 0.2) is 11.6 Å². The highest BCUT2D eigenvalue weighted by atomic mass is 16.4. The average molecular weight is 253 g/mol. The van der Waals surface area contributed by atoms with Crippen LogP contribution in [0.1, 0.15) is 52.4 Å². The van der Waals surface area contributed by atoms with Gasteiger partial charge in [-0.3, -0.25) is 9.59 Å². The lowest BCUT2D eigenvalue weighted by Gasteiger charge is -2.23. The molecule has 1 fully saturated rings. The molecule has 0 spiro atoms. The molecule has 1 saturated carbocycles. The summed E-state index contributed by atoms with van der Waals surface area (Å²) in [5.41, 5.74) is 0.672. The van der Waals surface area contributed by atoms with Crippen molar-refractivity contribution in [2.45, 2.75) is 58.4 Å². The number of hydrogen-bond acceptors (Lipinski definition) is 2. The lowest BCUT2D eigenvalue weighted by molar-refractivity contribution is -0.143. The van der Waals surface area contributed by atoms with Gasteiger partial charge in [-0.05, 0) is 26.2 Å². The zero-order valence-corrected chi connectivity index (χ0v) is 11.2. The maximum Gasteiger partial charge on any atom is 0.308 e. The van der Waals surface area contributed by atoms with E-state index in [2.05, 4.69) is 5.32 Å². The molecule has 2 atom stereocenters. The van der Waals surface area contributed by atoms with E-state index in [4.69, 9.17) is 0 Å². The third-order valence-electron chi connectivity index (χ3n) is 3.52. The van der Waals surface area contributed by atoms with Gasteiger partial charge < -0.3 is 10.4 Å². The van der Waals surface area contributed by atoms with E-state index in [0.29, 0.717) is 12.0 Å². The molecule has 0 aliphatic heterocycles. The van der Waals surface area contributed by atoms with Crippen LogP contribution in [-0.4, -0.2) is 23.0 Å². The summed E-state index contributed by atoms with van der Waals surface area (Å²) in [6.45, 7) is 3.74. The monoisotopic (exact) mass is 253 g/mol. The molecule has 2 N–H and O–H groups in total. The molecule has 4 nitrogen and oxygen atoms in total. The van der Waals surface area contributed by atoms with Crippen molar-refractivity contribution in [3.05, 3.63) is 11.6 Å². The Morgan fingerprint density at radius 2 is 1.94 bits per heavy atom. The molecule has 18 heavy (non-hydrogen) atoms. The van der Waals surface area contributed by atoms with Gasteiger partial charge in [0.25, 0.3) is 0 Å². The fourth-order valence-electron chi connectivity index (χ4n) is 2.46. The van der Waals surface area contributed by atoms with E-state index < -0.39 is 11.9 Å². The topological polar surface area (TPSA) is 66.4 Å². The molecular weight excluding hydrogens is 230 g/mol. The predicted octanol–water partition coefficient (Wildman–Crippen LogP) is 2.49. The molecular formula is C14H23NO3. The molecule has 1 amide bonds.